The number of rotatable bonds is 7. The quantitative estimate of drug-likeness (QED) is 0.161. The van der Waals surface area contributed by atoms with Crippen LogP contribution >= 0.6 is 0 Å². The van der Waals surface area contributed by atoms with Crippen molar-refractivity contribution in [2.45, 2.75) is 0 Å². The van der Waals surface area contributed by atoms with Crippen LogP contribution in [0.15, 0.2) is 223 Å². The number of nitrogens with zero attached hydrogens (tertiary/aromatic N) is 4. The monoisotopic (exact) mass is 792 g/mol. The molecule has 0 aliphatic carbocycles. The third kappa shape index (κ3) is 6.14. The summed E-state index contributed by atoms with van der Waals surface area (Å²) < 4.78 is 7.26. The summed E-state index contributed by atoms with van der Waals surface area (Å²) in [7, 11) is 0. The number of benzene rings is 10. The molecule has 12 rings (SSSR count). The molecule has 0 aliphatic rings. The van der Waals surface area contributed by atoms with E-state index in [1.54, 1.807) is 0 Å². The van der Waals surface area contributed by atoms with E-state index in [0.717, 1.165) is 88.0 Å². The smallest absolute Gasteiger partial charge is 0.167 e. The zero-order valence-electron chi connectivity index (χ0n) is 33.5. The SMILES string of the molecule is c1ccc(-c2ccc(N(c3ccccc3)c3c4ccccc4cc4c3oc3c(-c5nc(-c6ccc7ccccc7c6)nc(-c6ccc7ccccc7c6)n5)cccc34)cc2)cc1. The lowest BCUT2D eigenvalue weighted by atomic mass is 10.0. The summed E-state index contributed by atoms with van der Waals surface area (Å²) in [6.07, 6.45) is 0. The molecule has 0 saturated heterocycles. The molecule has 0 aliphatic heterocycles. The molecule has 0 amide bonds. The average Bonchev–Trinajstić information content (AvgIpc) is 3.72. The molecule has 0 unspecified atom stereocenters. The average molecular weight is 793 g/mol. The van der Waals surface area contributed by atoms with Crippen LogP contribution in [0, 0.1) is 0 Å². The Kier molecular flexibility index (Phi) is 8.42. The van der Waals surface area contributed by atoms with Gasteiger partial charge in [-0.15, -0.1) is 0 Å². The summed E-state index contributed by atoms with van der Waals surface area (Å²) in [6.45, 7) is 0. The molecule has 0 N–H and O–H groups in total. The van der Waals surface area contributed by atoms with Crippen molar-refractivity contribution in [1.29, 1.82) is 0 Å². The number of hydrogen-bond donors (Lipinski definition) is 0. The van der Waals surface area contributed by atoms with Crippen LogP contribution in [0.5, 0.6) is 0 Å². The van der Waals surface area contributed by atoms with E-state index in [0.29, 0.717) is 23.1 Å². The Bertz CT molecular complexity index is 3540. The van der Waals surface area contributed by atoms with Gasteiger partial charge >= 0.3 is 0 Å². The number of furan rings is 1. The normalized spacial score (nSPS) is 11.5. The zero-order valence-corrected chi connectivity index (χ0v) is 33.5. The lowest BCUT2D eigenvalue weighted by Gasteiger charge is -2.27. The third-order valence-corrected chi connectivity index (χ3v) is 11.8. The van der Waals surface area contributed by atoms with Crippen molar-refractivity contribution in [3.63, 3.8) is 0 Å². The standard InChI is InChI=1S/C57H36N4O/c1-3-14-37(15-4-1)40-30-32-47(33-31-40)61(46-21-5-2-6-22-46)52-48-23-12-11-20-43(48)36-51-49-24-13-25-50(53(49)62-54(51)52)57-59-55(44-28-26-38-16-7-9-18-41(38)34-44)58-56(60-57)45-29-27-39-17-8-10-19-42(39)35-45/h1-36H. The minimum absolute atomic E-state index is 0.540. The predicted molar refractivity (Wildman–Crippen MR) is 256 cm³/mol. The molecule has 0 radical (unpaired) electrons. The summed E-state index contributed by atoms with van der Waals surface area (Å²) >= 11 is 0. The molecule has 5 nitrogen and oxygen atoms in total. The molecule has 5 heteroatoms. The molecule has 290 valence electrons. The maximum absolute atomic E-state index is 7.26. The summed E-state index contributed by atoms with van der Waals surface area (Å²) in [4.78, 5) is 17.9. The molecule has 62 heavy (non-hydrogen) atoms. The van der Waals surface area contributed by atoms with Crippen molar-refractivity contribution < 1.29 is 4.42 Å². The highest BCUT2D eigenvalue weighted by molar-refractivity contribution is 6.20. The number of anilines is 3. The fourth-order valence-electron chi connectivity index (χ4n) is 8.80. The van der Waals surface area contributed by atoms with Gasteiger partial charge in [0.1, 0.15) is 5.58 Å². The van der Waals surface area contributed by atoms with E-state index in [9.17, 15) is 0 Å². The van der Waals surface area contributed by atoms with Gasteiger partial charge in [0.15, 0.2) is 23.1 Å². The van der Waals surface area contributed by atoms with Crippen LogP contribution in [0.25, 0.3) is 99.5 Å². The number of hydrogen-bond acceptors (Lipinski definition) is 5. The van der Waals surface area contributed by atoms with E-state index in [-0.39, 0.29) is 0 Å². The second-order valence-corrected chi connectivity index (χ2v) is 15.6. The van der Waals surface area contributed by atoms with Gasteiger partial charge < -0.3 is 9.32 Å². The van der Waals surface area contributed by atoms with Crippen LogP contribution in [0.2, 0.25) is 0 Å². The van der Waals surface area contributed by atoms with Crippen LogP contribution in [0.3, 0.4) is 0 Å². The molecule has 2 aromatic heterocycles. The van der Waals surface area contributed by atoms with E-state index >= 15 is 0 Å². The van der Waals surface area contributed by atoms with E-state index in [1.807, 2.05) is 6.07 Å². The topological polar surface area (TPSA) is 55.1 Å². The Morgan fingerprint density at radius 2 is 0.806 bits per heavy atom. The number of para-hydroxylation sites is 2. The molecule has 0 fully saturated rings. The van der Waals surface area contributed by atoms with Crippen molar-refractivity contribution in [3.05, 3.63) is 218 Å². The molecule has 0 saturated carbocycles. The maximum Gasteiger partial charge on any atom is 0.167 e. The fraction of sp³-hybridized carbons (Fsp3) is 0. The van der Waals surface area contributed by atoms with E-state index < -0.39 is 0 Å². The summed E-state index contributed by atoms with van der Waals surface area (Å²) in [6, 6.07) is 76.4. The van der Waals surface area contributed by atoms with Gasteiger partial charge in [0.25, 0.3) is 0 Å². The molecule has 0 bridgehead atoms. The van der Waals surface area contributed by atoms with Crippen molar-refractivity contribution in [2.75, 3.05) is 4.90 Å². The van der Waals surface area contributed by atoms with Crippen LogP contribution in [0.1, 0.15) is 0 Å². The zero-order chi connectivity index (χ0) is 41.0. The van der Waals surface area contributed by atoms with Gasteiger partial charge in [0.05, 0.1) is 11.3 Å². The number of fused-ring (bicyclic) bond motifs is 6. The Labute approximate surface area is 357 Å². The lowest BCUT2D eigenvalue weighted by Crippen LogP contribution is -2.10. The van der Waals surface area contributed by atoms with E-state index in [1.165, 1.54) is 5.56 Å². The second-order valence-electron chi connectivity index (χ2n) is 15.6. The van der Waals surface area contributed by atoms with Crippen LogP contribution in [0.4, 0.5) is 17.1 Å². The van der Waals surface area contributed by atoms with Crippen LogP contribution in [-0.2, 0) is 0 Å². The van der Waals surface area contributed by atoms with Crippen molar-refractivity contribution in [1.82, 2.24) is 15.0 Å². The third-order valence-electron chi connectivity index (χ3n) is 11.8. The van der Waals surface area contributed by atoms with Gasteiger partial charge in [-0.3, -0.25) is 0 Å². The summed E-state index contributed by atoms with van der Waals surface area (Å²) in [5, 5.41) is 8.75. The van der Waals surface area contributed by atoms with Gasteiger partial charge in [-0.2, -0.15) is 0 Å². The first-order valence-corrected chi connectivity index (χ1v) is 20.8. The minimum Gasteiger partial charge on any atom is -0.453 e. The fourth-order valence-corrected chi connectivity index (χ4v) is 8.80. The Morgan fingerprint density at radius 3 is 1.47 bits per heavy atom. The van der Waals surface area contributed by atoms with Gasteiger partial charge in [-0.25, -0.2) is 15.0 Å². The van der Waals surface area contributed by atoms with Crippen LogP contribution < -0.4 is 4.90 Å². The van der Waals surface area contributed by atoms with Crippen LogP contribution in [-0.4, -0.2) is 15.0 Å². The molecule has 0 spiro atoms. The molecule has 0 atom stereocenters. The molecular weight excluding hydrogens is 757 g/mol. The van der Waals surface area contributed by atoms with Crippen molar-refractivity contribution in [3.8, 4) is 45.3 Å². The molecular formula is C57H36N4O. The Hall–Kier alpha value is -8.41. The Balaban J connectivity index is 1.10. The van der Waals surface area contributed by atoms with Gasteiger partial charge in [0.2, 0.25) is 0 Å². The molecule has 10 aromatic carbocycles. The second kappa shape index (κ2) is 14.7. The van der Waals surface area contributed by atoms with Gasteiger partial charge in [-0.05, 0) is 86.6 Å². The minimum atomic E-state index is 0.540. The lowest BCUT2D eigenvalue weighted by molar-refractivity contribution is 0.670. The first-order valence-electron chi connectivity index (χ1n) is 20.8. The van der Waals surface area contributed by atoms with E-state index in [4.69, 9.17) is 19.4 Å². The van der Waals surface area contributed by atoms with Gasteiger partial charge in [0, 0.05) is 38.7 Å². The number of aromatic nitrogens is 3. The summed E-state index contributed by atoms with van der Waals surface area (Å²) in [5.41, 5.74) is 9.45. The van der Waals surface area contributed by atoms with Crippen molar-refractivity contribution >= 4 is 71.3 Å². The predicted octanol–water partition coefficient (Wildman–Crippen LogP) is 15.4. The van der Waals surface area contributed by atoms with Crippen molar-refractivity contribution in [2.24, 2.45) is 0 Å². The molecule has 2 heterocycles. The first-order chi connectivity index (χ1) is 30.7. The highest BCUT2D eigenvalue weighted by Gasteiger charge is 2.25. The van der Waals surface area contributed by atoms with E-state index in [2.05, 4.69) is 217 Å². The van der Waals surface area contributed by atoms with Gasteiger partial charge in [-0.1, -0.05) is 170 Å². The maximum atomic E-state index is 7.26. The molecule has 12 aromatic rings. The Morgan fingerprint density at radius 1 is 0.306 bits per heavy atom. The largest absolute Gasteiger partial charge is 0.453 e. The first kappa shape index (κ1) is 35.5. The highest BCUT2D eigenvalue weighted by Crippen LogP contribution is 2.48. The summed E-state index contributed by atoms with van der Waals surface area (Å²) in [5.74, 6) is 1.73. The highest BCUT2D eigenvalue weighted by atomic mass is 16.3.